The van der Waals surface area contributed by atoms with Crippen LogP contribution in [0.25, 0.3) is 11.0 Å². The first-order valence-corrected chi connectivity index (χ1v) is 7.89. The molecule has 2 aromatic carbocycles. The van der Waals surface area contributed by atoms with Gasteiger partial charge in [0, 0.05) is 27.7 Å². The number of aromatic nitrogens is 2. The van der Waals surface area contributed by atoms with Gasteiger partial charge in [0.1, 0.15) is 0 Å². The summed E-state index contributed by atoms with van der Waals surface area (Å²) in [6.45, 7) is 0.589. The van der Waals surface area contributed by atoms with Crippen molar-refractivity contribution in [2.75, 3.05) is 7.05 Å². The topological polar surface area (TPSA) is 47.2 Å². The first kappa shape index (κ1) is 16.1. The third-order valence-electron chi connectivity index (χ3n) is 4.38. The zero-order valence-corrected chi connectivity index (χ0v) is 14.2. The highest BCUT2D eigenvalue weighted by Crippen LogP contribution is 2.15. The van der Waals surface area contributed by atoms with Crippen LogP contribution < -0.4 is 5.69 Å². The standard InChI is InChI=1S/C19H21N3O2/c1-20(13-14-7-5-4-6-8-14)18(23)12-15-9-10-16-17(11-15)22(3)19(24)21(16)2/h4-11H,12-13H2,1-3H3. The molecule has 0 unspecified atom stereocenters. The summed E-state index contributed by atoms with van der Waals surface area (Å²) >= 11 is 0. The van der Waals surface area contributed by atoms with Gasteiger partial charge in [0.15, 0.2) is 0 Å². The maximum atomic E-state index is 12.5. The molecule has 5 heteroatoms. The summed E-state index contributed by atoms with van der Waals surface area (Å²) < 4.78 is 3.22. The second-order valence-corrected chi connectivity index (χ2v) is 6.14. The van der Waals surface area contributed by atoms with Gasteiger partial charge in [-0.15, -0.1) is 0 Å². The van der Waals surface area contributed by atoms with Gasteiger partial charge in [-0.05, 0) is 23.3 Å². The lowest BCUT2D eigenvalue weighted by Gasteiger charge is -2.17. The highest BCUT2D eigenvalue weighted by Gasteiger charge is 2.13. The summed E-state index contributed by atoms with van der Waals surface area (Å²) in [5.41, 5.74) is 3.67. The zero-order chi connectivity index (χ0) is 17.3. The third-order valence-corrected chi connectivity index (χ3v) is 4.38. The molecule has 0 N–H and O–H groups in total. The number of amides is 1. The first-order valence-electron chi connectivity index (χ1n) is 7.89. The predicted octanol–water partition coefficient (Wildman–Crippen LogP) is 2.08. The Bertz CT molecular complexity index is 938. The minimum absolute atomic E-state index is 0.0548. The Balaban J connectivity index is 1.78. The lowest BCUT2D eigenvalue weighted by molar-refractivity contribution is -0.129. The molecule has 1 heterocycles. The van der Waals surface area contributed by atoms with E-state index in [1.165, 1.54) is 0 Å². The monoisotopic (exact) mass is 323 g/mol. The summed E-state index contributed by atoms with van der Waals surface area (Å²) in [6, 6.07) is 15.7. The van der Waals surface area contributed by atoms with Gasteiger partial charge in [-0.2, -0.15) is 0 Å². The Morgan fingerprint density at radius 3 is 2.33 bits per heavy atom. The van der Waals surface area contributed by atoms with Crippen LogP contribution in [0.3, 0.4) is 0 Å². The van der Waals surface area contributed by atoms with Crippen molar-refractivity contribution in [2.24, 2.45) is 14.1 Å². The van der Waals surface area contributed by atoms with E-state index >= 15 is 0 Å². The second kappa shape index (κ2) is 6.35. The molecule has 0 radical (unpaired) electrons. The molecule has 0 spiro atoms. The van der Waals surface area contributed by atoms with Crippen LogP contribution in [0.4, 0.5) is 0 Å². The van der Waals surface area contributed by atoms with E-state index < -0.39 is 0 Å². The van der Waals surface area contributed by atoms with Gasteiger partial charge in [0.05, 0.1) is 17.5 Å². The van der Waals surface area contributed by atoms with Gasteiger partial charge >= 0.3 is 5.69 Å². The van der Waals surface area contributed by atoms with E-state index in [0.717, 1.165) is 22.2 Å². The molecule has 1 amide bonds. The van der Waals surface area contributed by atoms with Crippen molar-refractivity contribution in [3.8, 4) is 0 Å². The summed E-state index contributed by atoms with van der Waals surface area (Å²) in [4.78, 5) is 26.2. The number of nitrogens with zero attached hydrogens (tertiary/aromatic N) is 3. The zero-order valence-electron chi connectivity index (χ0n) is 14.2. The Morgan fingerprint density at radius 2 is 1.62 bits per heavy atom. The summed E-state index contributed by atoms with van der Waals surface area (Å²) in [5.74, 6) is 0.0548. The third kappa shape index (κ3) is 2.97. The molecule has 0 saturated carbocycles. The highest BCUT2D eigenvalue weighted by molar-refractivity contribution is 5.82. The summed E-state index contributed by atoms with van der Waals surface area (Å²) in [6.07, 6.45) is 0.322. The van der Waals surface area contributed by atoms with Gasteiger partial charge in [-0.3, -0.25) is 13.9 Å². The molecular weight excluding hydrogens is 302 g/mol. The van der Waals surface area contributed by atoms with E-state index in [9.17, 15) is 9.59 Å². The maximum Gasteiger partial charge on any atom is 0.328 e. The van der Waals surface area contributed by atoms with E-state index in [1.807, 2.05) is 55.6 Å². The molecule has 0 aliphatic carbocycles. The number of likely N-dealkylation sites (N-methyl/N-ethyl adjacent to an activating group) is 1. The molecule has 3 aromatic rings. The normalized spacial score (nSPS) is 11.0. The molecule has 0 saturated heterocycles. The summed E-state index contributed by atoms with van der Waals surface area (Å²) in [5, 5.41) is 0. The van der Waals surface area contributed by atoms with Crippen LogP contribution in [0.5, 0.6) is 0 Å². The quantitative estimate of drug-likeness (QED) is 0.738. The Morgan fingerprint density at radius 1 is 0.958 bits per heavy atom. The van der Waals surface area contributed by atoms with Crippen LogP contribution >= 0.6 is 0 Å². The fraction of sp³-hybridized carbons (Fsp3) is 0.263. The van der Waals surface area contributed by atoms with E-state index in [4.69, 9.17) is 0 Å². The molecular formula is C19H21N3O2. The lowest BCUT2D eigenvalue weighted by Crippen LogP contribution is -2.27. The van der Waals surface area contributed by atoms with E-state index in [-0.39, 0.29) is 11.6 Å². The van der Waals surface area contributed by atoms with Crippen molar-refractivity contribution in [1.29, 1.82) is 0 Å². The molecule has 24 heavy (non-hydrogen) atoms. The first-order chi connectivity index (χ1) is 11.5. The van der Waals surface area contributed by atoms with Crippen LogP contribution in [-0.4, -0.2) is 27.0 Å². The molecule has 124 valence electrons. The van der Waals surface area contributed by atoms with Crippen molar-refractivity contribution in [3.05, 3.63) is 70.1 Å². The number of fused-ring (bicyclic) bond motifs is 1. The van der Waals surface area contributed by atoms with Crippen molar-refractivity contribution in [3.63, 3.8) is 0 Å². The van der Waals surface area contributed by atoms with Gasteiger partial charge in [0.2, 0.25) is 5.91 Å². The predicted molar refractivity (Wildman–Crippen MR) is 94.8 cm³/mol. The number of benzene rings is 2. The Hall–Kier alpha value is -2.82. The van der Waals surface area contributed by atoms with Crippen molar-refractivity contribution in [1.82, 2.24) is 14.0 Å². The van der Waals surface area contributed by atoms with Crippen molar-refractivity contribution >= 4 is 16.9 Å². The highest BCUT2D eigenvalue weighted by atomic mass is 16.2. The SMILES string of the molecule is CN(Cc1ccccc1)C(=O)Cc1ccc2c(c1)n(C)c(=O)n2C. The van der Waals surface area contributed by atoms with Gasteiger partial charge in [0.25, 0.3) is 0 Å². The van der Waals surface area contributed by atoms with Crippen LogP contribution in [0.2, 0.25) is 0 Å². The van der Waals surface area contributed by atoms with Crippen molar-refractivity contribution < 1.29 is 4.79 Å². The summed E-state index contributed by atoms with van der Waals surface area (Å²) in [7, 11) is 5.31. The molecule has 3 rings (SSSR count). The Labute approximate surface area is 140 Å². The molecule has 0 bridgehead atoms. The van der Waals surface area contributed by atoms with Crippen LogP contribution in [0.1, 0.15) is 11.1 Å². The van der Waals surface area contributed by atoms with Gasteiger partial charge in [-0.25, -0.2) is 4.79 Å². The smallest absolute Gasteiger partial charge is 0.328 e. The maximum absolute atomic E-state index is 12.5. The van der Waals surface area contributed by atoms with E-state index in [0.29, 0.717) is 13.0 Å². The number of imidazole rings is 1. The minimum Gasteiger partial charge on any atom is -0.341 e. The number of hydrogen-bond donors (Lipinski definition) is 0. The van der Waals surface area contributed by atoms with Gasteiger partial charge < -0.3 is 4.90 Å². The molecule has 0 aliphatic rings. The number of rotatable bonds is 4. The number of aryl methyl sites for hydroxylation is 2. The average molecular weight is 323 g/mol. The van der Waals surface area contributed by atoms with Gasteiger partial charge in [-0.1, -0.05) is 36.4 Å². The lowest BCUT2D eigenvalue weighted by atomic mass is 10.1. The number of carbonyl (C=O) groups is 1. The van der Waals surface area contributed by atoms with Crippen molar-refractivity contribution in [2.45, 2.75) is 13.0 Å². The largest absolute Gasteiger partial charge is 0.341 e. The van der Waals surface area contributed by atoms with Crippen LogP contribution in [-0.2, 0) is 31.9 Å². The molecule has 1 aromatic heterocycles. The van der Waals surface area contributed by atoms with E-state index in [2.05, 4.69) is 0 Å². The number of carbonyl (C=O) groups excluding carboxylic acids is 1. The molecule has 0 atom stereocenters. The minimum atomic E-state index is -0.0605. The van der Waals surface area contributed by atoms with Crippen LogP contribution in [0, 0.1) is 0 Å². The molecule has 5 nitrogen and oxygen atoms in total. The number of hydrogen-bond acceptors (Lipinski definition) is 2. The molecule has 0 fully saturated rings. The van der Waals surface area contributed by atoms with E-state index in [1.54, 1.807) is 28.1 Å². The molecule has 0 aliphatic heterocycles. The van der Waals surface area contributed by atoms with Crippen LogP contribution in [0.15, 0.2) is 53.3 Å². The second-order valence-electron chi connectivity index (χ2n) is 6.14. The fourth-order valence-electron chi connectivity index (χ4n) is 2.92. The average Bonchev–Trinajstić information content (AvgIpc) is 2.80. The Kier molecular flexibility index (Phi) is 4.25. The fourth-order valence-corrected chi connectivity index (χ4v) is 2.92.